The summed E-state index contributed by atoms with van der Waals surface area (Å²) >= 11 is 1.82. The third-order valence-electron chi connectivity index (χ3n) is 5.79. The van der Waals surface area contributed by atoms with Crippen LogP contribution in [0.15, 0.2) is 29.9 Å². The van der Waals surface area contributed by atoms with Crippen LogP contribution < -0.4 is 4.90 Å². The number of alkyl halides is 6. The molecule has 2 N–H and O–H groups in total. The monoisotopic (exact) mass is 573 g/mol. The molecule has 2 aliphatic heterocycles. The first-order valence-electron chi connectivity index (χ1n) is 10.8. The lowest BCUT2D eigenvalue weighted by molar-refractivity contribution is -0.193. The van der Waals surface area contributed by atoms with Crippen molar-refractivity contribution in [2.24, 2.45) is 7.05 Å². The van der Waals surface area contributed by atoms with Gasteiger partial charge in [-0.1, -0.05) is 6.07 Å². The van der Waals surface area contributed by atoms with E-state index in [0.717, 1.165) is 38.3 Å². The fourth-order valence-electron chi connectivity index (χ4n) is 3.88. The Morgan fingerprint density at radius 2 is 1.66 bits per heavy atom. The standard InChI is InChI=1S/C17H23N5OS.2C2HF3O2/c1-19-11-16(23)22(14-8-18-20(2)9-14)13-17(19)5-6-21(12-17)10-15-4-3-7-24-15;2*3-2(4,5)1(6)7/h3-4,7-9H,5-6,10-13H2,1-2H3;2*(H,6,7). The van der Waals surface area contributed by atoms with E-state index < -0.39 is 24.3 Å². The van der Waals surface area contributed by atoms with Gasteiger partial charge in [0.1, 0.15) is 0 Å². The second-order valence-corrected chi connectivity index (χ2v) is 9.61. The molecular weight excluding hydrogens is 548 g/mol. The zero-order chi connectivity index (χ0) is 28.9. The summed E-state index contributed by atoms with van der Waals surface area (Å²) in [5.41, 5.74) is 0.952. The molecule has 2 fully saturated rings. The average molecular weight is 574 g/mol. The summed E-state index contributed by atoms with van der Waals surface area (Å²) in [5.74, 6) is -5.35. The molecule has 4 heterocycles. The molecule has 38 heavy (non-hydrogen) atoms. The lowest BCUT2D eigenvalue weighted by Crippen LogP contribution is -2.64. The molecule has 0 aliphatic carbocycles. The molecule has 2 aromatic heterocycles. The van der Waals surface area contributed by atoms with Crippen LogP contribution in [-0.4, -0.2) is 98.8 Å². The van der Waals surface area contributed by atoms with Gasteiger partial charge in [0.25, 0.3) is 0 Å². The van der Waals surface area contributed by atoms with Crippen LogP contribution >= 0.6 is 11.3 Å². The number of rotatable bonds is 3. The van der Waals surface area contributed by atoms with Crippen molar-refractivity contribution in [2.45, 2.75) is 30.9 Å². The van der Waals surface area contributed by atoms with Crippen LogP contribution in [0.3, 0.4) is 0 Å². The molecule has 1 unspecified atom stereocenters. The van der Waals surface area contributed by atoms with E-state index >= 15 is 0 Å². The number of carbonyl (C=O) groups excluding carboxylic acids is 1. The molecule has 1 spiro atoms. The van der Waals surface area contributed by atoms with Gasteiger partial charge in [0.2, 0.25) is 5.91 Å². The van der Waals surface area contributed by atoms with Crippen LogP contribution in [0.2, 0.25) is 0 Å². The summed E-state index contributed by atoms with van der Waals surface area (Å²) in [6.07, 6.45) is -5.36. The number of carbonyl (C=O) groups is 3. The SMILES string of the molecule is CN1CC(=O)N(c2cnn(C)c2)CC12CCN(Cc1cccs1)C2.O=C(O)C(F)(F)F.O=C(O)C(F)(F)F. The predicted molar refractivity (Wildman–Crippen MR) is 123 cm³/mol. The summed E-state index contributed by atoms with van der Waals surface area (Å²) in [5, 5.41) is 20.6. The molecule has 0 aromatic carbocycles. The van der Waals surface area contributed by atoms with Gasteiger partial charge >= 0.3 is 24.3 Å². The second-order valence-electron chi connectivity index (χ2n) is 8.58. The summed E-state index contributed by atoms with van der Waals surface area (Å²) in [7, 11) is 3.98. The largest absolute Gasteiger partial charge is 0.490 e. The van der Waals surface area contributed by atoms with E-state index in [0.29, 0.717) is 6.54 Å². The van der Waals surface area contributed by atoms with Crippen molar-refractivity contribution in [2.75, 3.05) is 38.1 Å². The number of aryl methyl sites for hydroxylation is 1. The van der Waals surface area contributed by atoms with E-state index in [-0.39, 0.29) is 11.4 Å². The minimum atomic E-state index is -5.08. The molecule has 4 rings (SSSR count). The van der Waals surface area contributed by atoms with Crippen LogP contribution in [0.1, 0.15) is 11.3 Å². The Morgan fingerprint density at radius 3 is 2.11 bits per heavy atom. The maximum Gasteiger partial charge on any atom is 0.490 e. The number of carboxylic acids is 2. The van der Waals surface area contributed by atoms with E-state index in [1.54, 1.807) is 10.9 Å². The highest BCUT2D eigenvalue weighted by molar-refractivity contribution is 7.09. The topological polar surface area (TPSA) is 119 Å². The number of carboxylic acid groups (broad SMARTS) is 2. The van der Waals surface area contributed by atoms with Crippen LogP contribution in [-0.2, 0) is 28.0 Å². The Bertz CT molecular complexity index is 1080. The van der Waals surface area contributed by atoms with Gasteiger partial charge < -0.3 is 15.1 Å². The van der Waals surface area contributed by atoms with Gasteiger partial charge in [-0.15, -0.1) is 11.3 Å². The van der Waals surface area contributed by atoms with Gasteiger partial charge in [-0.3, -0.25) is 19.3 Å². The van der Waals surface area contributed by atoms with E-state index in [9.17, 15) is 31.1 Å². The number of amides is 1. The number of aliphatic carboxylic acids is 2. The number of aromatic nitrogens is 2. The highest BCUT2D eigenvalue weighted by Crippen LogP contribution is 2.34. The molecule has 0 radical (unpaired) electrons. The molecule has 10 nitrogen and oxygen atoms in total. The first-order valence-corrected chi connectivity index (χ1v) is 11.7. The quantitative estimate of drug-likeness (QED) is 0.539. The molecule has 0 bridgehead atoms. The van der Waals surface area contributed by atoms with Crippen molar-refractivity contribution < 1.29 is 50.9 Å². The Balaban J connectivity index is 0.000000301. The van der Waals surface area contributed by atoms with Crippen LogP contribution in [0.5, 0.6) is 0 Å². The van der Waals surface area contributed by atoms with E-state index in [1.807, 2.05) is 29.5 Å². The molecule has 0 saturated carbocycles. The van der Waals surface area contributed by atoms with Gasteiger partial charge in [-0.25, -0.2) is 9.59 Å². The Morgan fingerprint density at radius 1 is 1.08 bits per heavy atom. The maximum atomic E-state index is 12.5. The molecule has 1 amide bonds. The van der Waals surface area contributed by atoms with Crippen molar-refractivity contribution in [1.29, 1.82) is 0 Å². The number of hydrogen-bond donors (Lipinski definition) is 2. The van der Waals surface area contributed by atoms with Crippen molar-refractivity contribution in [1.82, 2.24) is 19.6 Å². The van der Waals surface area contributed by atoms with Crippen molar-refractivity contribution in [3.8, 4) is 0 Å². The Kier molecular flexibility index (Phi) is 9.90. The predicted octanol–water partition coefficient (Wildman–Crippen LogP) is 2.67. The molecule has 17 heteroatoms. The molecule has 212 valence electrons. The van der Waals surface area contributed by atoms with Crippen molar-refractivity contribution >= 4 is 34.9 Å². The molecule has 1 atom stereocenters. The summed E-state index contributed by atoms with van der Waals surface area (Å²) in [6, 6.07) is 4.31. The van der Waals surface area contributed by atoms with Gasteiger partial charge in [0.05, 0.1) is 24.0 Å². The summed E-state index contributed by atoms with van der Waals surface area (Å²) in [4.78, 5) is 38.4. The first kappa shape index (κ1) is 31.0. The first-order chi connectivity index (χ1) is 17.4. The fraction of sp³-hybridized carbons (Fsp3) is 0.524. The normalized spacial score (nSPS) is 20.5. The Hall–Kier alpha value is -3.18. The second kappa shape index (κ2) is 12.1. The molecule has 2 saturated heterocycles. The number of halogens is 6. The van der Waals surface area contributed by atoms with E-state index in [2.05, 4.69) is 39.5 Å². The minimum Gasteiger partial charge on any atom is -0.475 e. The van der Waals surface area contributed by atoms with Gasteiger partial charge in [0, 0.05) is 44.3 Å². The van der Waals surface area contributed by atoms with Gasteiger partial charge in [0.15, 0.2) is 0 Å². The zero-order valence-corrected chi connectivity index (χ0v) is 21.0. The third-order valence-corrected chi connectivity index (χ3v) is 6.66. The smallest absolute Gasteiger partial charge is 0.475 e. The van der Waals surface area contributed by atoms with Gasteiger partial charge in [-0.2, -0.15) is 31.4 Å². The number of likely N-dealkylation sites (tertiary alicyclic amines) is 1. The number of anilines is 1. The van der Waals surface area contributed by atoms with Crippen LogP contribution in [0, 0.1) is 0 Å². The van der Waals surface area contributed by atoms with Gasteiger partial charge in [-0.05, 0) is 24.9 Å². The molecular formula is C21H25F6N5O5S. The maximum absolute atomic E-state index is 12.5. The van der Waals surface area contributed by atoms with Crippen LogP contribution in [0.25, 0.3) is 0 Å². The van der Waals surface area contributed by atoms with E-state index in [4.69, 9.17) is 19.8 Å². The highest BCUT2D eigenvalue weighted by atomic mass is 32.1. The minimum absolute atomic E-state index is 0.0427. The number of likely N-dealkylation sites (N-methyl/N-ethyl adjacent to an activating group) is 1. The highest BCUT2D eigenvalue weighted by Gasteiger charge is 2.47. The lowest BCUT2D eigenvalue weighted by Gasteiger charge is -2.46. The third kappa shape index (κ3) is 8.42. The summed E-state index contributed by atoms with van der Waals surface area (Å²) < 4.78 is 65.2. The van der Waals surface area contributed by atoms with E-state index in [1.165, 1.54) is 4.88 Å². The average Bonchev–Trinajstić information content (AvgIpc) is 3.53. The number of piperazine rings is 1. The number of nitrogens with zero attached hydrogens (tertiary/aromatic N) is 5. The van der Waals surface area contributed by atoms with Crippen LogP contribution in [0.4, 0.5) is 32.0 Å². The Labute approximate surface area is 216 Å². The molecule has 2 aliphatic rings. The molecule has 2 aromatic rings. The lowest BCUT2D eigenvalue weighted by atomic mass is 9.93. The number of thiophene rings is 1. The number of hydrogen-bond acceptors (Lipinski definition) is 7. The fourth-order valence-corrected chi connectivity index (χ4v) is 4.63. The van der Waals surface area contributed by atoms with Crippen molar-refractivity contribution in [3.05, 3.63) is 34.8 Å². The van der Waals surface area contributed by atoms with Crippen molar-refractivity contribution in [3.63, 3.8) is 0 Å². The summed E-state index contributed by atoms with van der Waals surface area (Å²) in [6.45, 7) is 4.31. The zero-order valence-electron chi connectivity index (χ0n) is 20.2.